The van der Waals surface area contributed by atoms with Crippen molar-refractivity contribution in [3.63, 3.8) is 0 Å². The number of piperazine rings is 1. The van der Waals surface area contributed by atoms with Crippen molar-refractivity contribution in [1.82, 2.24) is 25.0 Å². The molecule has 2 heterocycles. The Kier molecular flexibility index (Phi) is 10.7. The van der Waals surface area contributed by atoms with Crippen LogP contribution in [0.15, 0.2) is 29.3 Å². The number of nitrogens with zero attached hydrogens (tertiary/aromatic N) is 6. The molecule has 10 heteroatoms. The lowest BCUT2D eigenvalue weighted by molar-refractivity contribution is 0.366. The number of rotatable bonds is 8. The first kappa shape index (κ1) is 25.6. The van der Waals surface area contributed by atoms with Gasteiger partial charge in [-0.1, -0.05) is 12.1 Å². The quantitative estimate of drug-likeness (QED) is 0.231. The van der Waals surface area contributed by atoms with E-state index in [1.165, 1.54) is 0 Å². The van der Waals surface area contributed by atoms with E-state index in [1.807, 2.05) is 42.4 Å². The van der Waals surface area contributed by atoms with Crippen molar-refractivity contribution >= 4 is 47.4 Å². The molecule has 31 heavy (non-hydrogen) atoms. The Morgan fingerprint density at radius 3 is 2.58 bits per heavy atom. The average molecular weight is 560 g/mol. The molecule has 0 atom stereocenters. The number of para-hydroxylation sites is 2. The highest BCUT2D eigenvalue weighted by atomic mass is 127. The van der Waals surface area contributed by atoms with E-state index in [2.05, 4.69) is 43.7 Å². The van der Waals surface area contributed by atoms with E-state index in [1.54, 1.807) is 7.11 Å². The number of hydrogen-bond donors (Lipinski definition) is 1. The molecule has 1 aromatic heterocycles. The summed E-state index contributed by atoms with van der Waals surface area (Å²) in [6.45, 7) is 7.07. The number of thioether (sulfide) groups is 1. The van der Waals surface area contributed by atoms with Crippen LogP contribution in [-0.4, -0.2) is 77.5 Å². The highest BCUT2D eigenvalue weighted by molar-refractivity contribution is 14.0. The first-order chi connectivity index (χ1) is 14.6. The first-order valence-electron chi connectivity index (χ1n) is 10.4. The molecule has 3 rings (SSSR count). The van der Waals surface area contributed by atoms with Crippen molar-refractivity contribution in [3.05, 3.63) is 35.9 Å². The number of hydrogen-bond acceptors (Lipinski definition) is 6. The van der Waals surface area contributed by atoms with E-state index >= 15 is 0 Å². The van der Waals surface area contributed by atoms with Gasteiger partial charge in [-0.05, 0) is 37.5 Å². The second kappa shape index (κ2) is 13.0. The summed E-state index contributed by atoms with van der Waals surface area (Å²) in [7, 11) is 3.71. The third-order valence-electron chi connectivity index (χ3n) is 5.37. The summed E-state index contributed by atoms with van der Waals surface area (Å²) in [5, 5.41) is 11.9. The molecular formula is C21H34IN7OS. The molecule has 1 aliphatic heterocycles. The maximum atomic E-state index is 5.54. The van der Waals surface area contributed by atoms with E-state index in [4.69, 9.17) is 9.73 Å². The summed E-state index contributed by atoms with van der Waals surface area (Å²) in [5.74, 6) is 4.80. The van der Waals surface area contributed by atoms with Gasteiger partial charge in [0.15, 0.2) is 11.8 Å². The van der Waals surface area contributed by atoms with Gasteiger partial charge in [0.25, 0.3) is 0 Å². The van der Waals surface area contributed by atoms with E-state index in [0.29, 0.717) is 6.54 Å². The van der Waals surface area contributed by atoms with Gasteiger partial charge in [0.05, 0.1) is 12.8 Å². The predicted octanol–water partition coefficient (Wildman–Crippen LogP) is 2.77. The van der Waals surface area contributed by atoms with Crippen LogP contribution < -0.4 is 15.0 Å². The van der Waals surface area contributed by atoms with Crippen LogP contribution in [0.4, 0.5) is 5.69 Å². The van der Waals surface area contributed by atoms with Gasteiger partial charge in [-0.2, -0.15) is 11.8 Å². The zero-order chi connectivity index (χ0) is 21.3. The van der Waals surface area contributed by atoms with Gasteiger partial charge >= 0.3 is 0 Å². The lowest BCUT2D eigenvalue weighted by Gasteiger charge is -2.38. The van der Waals surface area contributed by atoms with Gasteiger partial charge in [-0.3, -0.25) is 0 Å². The number of aryl methyl sites for hydroxylation is 1. The monoisotopic (exact) mass is 559 g/mol. The summed E-state index contributed by atoms with van der Waals surface area (Å²) < 4.78 is 7.54. The highest BCUT2D eigenvalue weighted by Gasteiger charge is 2.22. The predicted molar refractivity (Wildman–Crippen MR) is 140 cm³/mol. The van der Waals surface area contributed by atoms with Gasteiger partial charge in [0.1, 0.15) is 18.1 Å². The fourth-order valence-corrected chi connectivity index (χ4v) is 3.90. The second-order valence-corrected chi connectivity index (χ2v) is 8.27. The Morgan fingerprint density at radius 2 is 1.94 bits per heavy atom. The minimum absolute atomic E-state index is 0. The fraction of sp³-hybridized carbons (Fsp3) is 0.571. The molecule has 0 spiro atoms. The minimum atomic E-state index is 0. The van der Waals surface area contributed by atoms with Crippen molar-refractivity contribution in [2.45, 2.75) is 19.9 Å². The fourth-order valence-electron chi connectivity index (χ4n) is 3.47. The largest absolute Gasteiger partial charge is 0.495 e. The van der Waals surface area contributed by atoms with Crippen LogP contribution in [0, 0.1) is 6.92 Å². The molecule has 172 valence electrons. The number of ether oxygens (including phenoxy) is 1. The van der Waals surface area contributed by atoms with Gasteiger partial charge in [0.2, 0.25) is 0 Å². The number of methoxy groups -OCH3 is 1. The van der Waals surface area contributed by atoms with E-state index < -0.39 is 0 Å². The first-order valence-corrected chi connectivity index (χ1v) is 11.8. The van der Waals surface area contributed by atoms with E-state index in [0.717, 1.165) is 73.9 Å². The topological polar surface area (TPSA) is 70.8 Å². The van der Waals surface area contributed by atoms with Crippen molar-refractivity contribution in [2.24, 2.45) is 12.0 Å². The minimum Gasteiger partial charge on any atom is -0.495 e. The molecule has 1 N–H and O–H groups in total. The summed E-state index contributed by atoms with van der Waals surface area (Å²) in [6.07, 6.45) is 3.26. The van der Waals surface area contributed by atoms with E-state index in [9.17, 15) is 0 Å². The van der Waals surface area contributed by atoms with Crippen LogP contribution in [0.25, 0.3) is 0 Å². The molecule has 1 aliphatic rings. The summed E-state index contributed by atoms with van der Waals surface area (Å²) in [5.41, 5.74) is 1.15. The Morgan fingerprint density at radius 1 is 1.19 bits per heavy atom. The third kappa shape index (κ3) is 6.90. The van der Waals surface area contributed by atoms with Crippen LogP contribution >= 0.6 is 35.7 Å². The lowest BCUT2D eigenvalue weighted by Crippen LogP contribution is -2.52. The number of aliphatic imine (C=N–C) groups is 1. The van der Waals surface area contributed by atoms with Gasteiger partial charge < -0.3 is 24.4 Å². The normalized spacial score (nSPS) is 14.4. The van der Waals surface area contributed by atoms with Gasteiger partial charge in [-0.15, -0.1) is 34.2 Å². The SMILES string of the molecule is COc1ccccc1N1CCN(C(=NCc2nnc(C)n2C)NCCCSC)CC1.I. The molecule has 2 aromatic rings. The summed E-state index contributed by atoms with van der Waals surface area (Å²) in [6, 6.07) is 8.22. The van der Waals surface area contributed by atoms with E-state index in [-0.39, 0.29) is 24.0 Å². The van der Waals surface area contributed by atoms with Crippen LogP contribution in [0.2, 0.25) is 0 Å². The number of halogens is 1. The molecule has 1 aromatic carbocycles. The zero-order valence-electron chi connectivity index (χ0n) is 18.9. The van der Waals surface area contributed by atoms with Crippen LogP contribution in [0.3, 0.4) is 0 Å². The molecule has 0 aliphatic carbocycles. The van der Waals surface area contributed by atoms with Crippen molar-refractivity contribution in [3.8, 4) is 5.75 Å². The molecule has 0 bridgehead atoms. The second-order valence-electron chi connectivity index (χ2n) is 7.28. The Balaban J connectivity index is 0.00000341. The van der Waals surface area contributed by atoms with Crippen molar-refractivity contribution in [1.29, 1.82) is 0 Å². The number of guanidine groups is 1. The smallest absolute Gasteiger partial charge is 0.194 e. The zero-order valence-corrected chi connectivity index (χ0v) is 22.0. The Bertz CT molecular complexity index is 837. The highest BCUT2D eigenvalue weighted by Crippen LogP contribution is 2.28. The molecule has 0 radical (unpaired) electrons. The Hall–Kier alpha value is -1.69. The van der Waals surface area contributed by atoms with Crippen molar-refractivity contribution in [2.75, 3.05) is 56.7 Å². The maximum Gasteiger partial charge on any atom is 0.194 e. The number of nitrogens with one attached hydrogen (secondary N) is 1. The maximum absolute atomic E-state index is 5.54. The van der Waals surface area contributed by atoms with Gasteiger partial charge in [-0.25, -0.2) is 4.99 Å². The third-order valence-corrected chi connectivity index (χ3v) is 6.06. The number of anilines is 1. The lowest BCUT2D eigenvalue weighted by atomic mass is 10.2. The van der Waals surface area contributed by atoms with Crippen LogP contribution in [-0.2, 0) is 13.6 Å². The summed E-state index contributed by atoms with van der Waals surface area (Å²) in [4.78, 5) is 9.60. The van der Waals surface area contributed by atoms with Gasteiger partial charge in [0, 0.05) is 39.8 Å². The van der Waals surface area contributed by atoms with Crippen molar-refractivity contribution < 1.29 is 4.74 Å². The molecular weight excluding hydrogens is 525 g/mol. The number of benzene rings is 1. The van der Waals surface area contributed by atoms with Crippen LogP contribution in [0.5, 0.6) is 5.75 Å². The Labute approximate surface area is 206 Å². The summed E-state index contributed by atoms with van der Waals surface area (Å²) >= 11 is 1.87. The van der Waals surface area contributed by atoms with Crippen LogP contribution in [0.1, 0.15) is 18.1 Å². The molecule has 1 saturated heterocycles. The standard InChI is InChI=1S/C21H33N7OS.HI/c1-17-24-25-20(26(17)2)16-23-21(22-10-7-15-30-4)28-13-11-27(12-14-28)18-8-5-6-9-19(18)29-3;/h5-6,8-9H,7,10-16H2,1-4H3,(H,22,23);1H. The molecule has 1 fully saturated rings. The number of aromatic nitrogens is 3. The molecule has 0 unspecified atom stereocenters. The molecule has 0 amide bonds. The average Bonchev–Trinajstić information content (AvgIpc) is 3.11. The molecule has 8 nitrogen and oxygen atoms in total. The molecule has 0 saturated carbocycles.